The predicted molar refractivity (Wildman–Crippen MR) is 158 cm³/mol. The number of hydrogen-bond donors (Lipinski definition) is 5. The molecule has 0 spiro atoms. The fourth-order valence-corrected chi connectivity index (χ4v) is 3.97. The summed E-state index contributed by atoms with van der Waals surface area (Å²) in [5.41, 5.74) is -0.0332. The molecule has 1 unspecified atom stereocenters. The molecule has 0 saturated carbocycles. The first-order valence-electron chi connectivity index (χ1n) is 13.9. The molecule has 6 amide bonds. The number of aliphatic carboxylic acids is 1. The quantitative estimate of drug-likeness (QED) is 0.134. The fraction of sp³-hybridized carbons (Fsp3) is 0.500. The number of rotatable bonds is 16. The van der Waals surface area contributed by atoms with Gasteiger partial charge in [0.2, 0.25) is 24.1 Å². The summed E-state index contributed by atoms with van der Waals surface area (Å²) in [4.78, 5) is 80.7. The minimum absolute atomic E-state index is 0.0838. The number of carbonyl (C=O) groups excluding carboxylic acids is 6. The number of benzene rings is 1. The summed E-state index contributed by atoms with van der Waals surface area (Å²) in [5.74, 6) is -2.72. The highest BCUT2D eigenvalue weighted by Crippen LogP contribution is 2.32. The molecule has 236 valence electrons. The van der Waals surface area contributed by atoms with Crippen LogP contribution in [0.5, 0.6) is 0 Å². The van der Waals surface area contributed by atoms with Crippen LogP contribution < -0.4 is 21.3 Å². The van der Waals surface area contributed by atoms with E-state index in [1.54, 1.807) is 13.8 Å². The predicted octanol–water partition coefficient (Wildman–Crippen LogP) is 0.541. The first-order chi connectivity index (χ1) is 20.1. The molecule has 5 N–H and O–H groups in total. The number of imide groups is 1. The van der Waals surface area contributed by atoms with Gasteiger partial charge in [0.15, 0.2) is 0 Å². The van der Waals surface area contributed by atoms with Crippen molar-refractivity contribution in [3.8, 4) is 0 Å². The second-order valence-corrected chi connectivity index (χ2v) is 11.7. The van der Waals surface area contributed by atoms with Gasteiger partial charge >= 0.3 is 5.97 Å². The summed E-state index contributed by atoms with van der Waals surface area (Å²) in [7, 11) is 0. The molecule has 0 bridgehead atoms. The summed E-state index contributed by atoms with van der Waals surface area (Å²) in [6.45, 7) is 8.91. The Labute approximate surface area is 251 Å². The molecule has 0 radical (unpaired) electrons. The van der Waals surface area contributed by atoms with E-state index < -0.39 is 17.3 Å². The van der Waals surface area contributed by atoms with Crippen molar-refractivity contribution in [2.45, 2.75) is 59.9 Å². The van der Waals surface area contributed by atoms with E-state index in [0.717, 1.165) is 5.56 Å². The zero-order chi connectivity index (χ0) is 32.6. The smallest absolute Gasteiger partial charge is 0.322 e. The number of nitrogens with zero attached hydrogens (tertiary/aromatic N) is 1. The summed E-state index contributed by atoms with van der Waals surface area (Å²) < 4.78 is 0. The minimum Gasteiger partial charge on any atom is -0.480 e. The lowest BCUT2D eigenvalue weighted by atomic mass is 9.78. The Balaban J connectivity index is 0.00000117. The van der Waals surface area contributed by atoms with Gasteiger partial charge in [-0.2, -0.15) is 0 Å². The highest BCUT2D eigenvalue weighted by molar-refractivity contribution is 6.12. The van der Waals surface area contributed by atoms with Gasteiger partial charge in [0.05, 0.1) is 13.1 Å². The van der Waals surface area contributed by atoms with Gasteiger partial charge in [-0.05, 0) is 37.2 Å². The minimum atomic E-state index is -1.04. The van der Waals surface area contributed by atoms with Gasteiger partial charge in [-0.15, -0.1) is 0 Å². The molecule has 1 heterocycles. The van der Waals surface area contributed by atoms with Gasteiger partial charge in [0, 0.05) is 30.2 Å². The summed E-state index contributed by atoms with van der Waals surface area (Å²) in [6, 6.07) is 9.71. The van der Waals surface area contributed by atoms with Gasteiger partial charge < -0.3 is 26.4 Å². The molecule has 1 aromatic carbocycles. The maximum atomic E-state index is 12.7. The summed E-state index contributed by atoms with van der Waals surface area (Å²) in [6.07, 6.45) is 4.64. The second kappa shape index (κ2) is 17.4. The number of nitrogens with one attached hydrogen (secondary N) is 4. The molecule has 1 aromatic rings. The number of amides is 6. The summed E-state index contributed by atoms with van der Waals surface area (Å²) >= 11 is 0. The highest BCUT2D eigenvalue weighted by Gasteiger charge is 2.34. The van der Waals surface area contributed by atoms with Crippen molar-refractivity contribution >= 4 is 41.9 Å². The van der Waals surface area contributed by atoms with Crippen LogP contribution in [0.2, 0.25) is 0 Å². The summed E-state index contributed by atoms with van der Waals surface area (Å²) in [5, 5.41) is 17.8. The average molecular weight is 602 g/mol. The normalized spacial score (nSPS) is 13.4. The van der Waals surface area contributed by atoms with Crippen molar-refractivity contribution in [3.63, 3.8) is 0 Å². The molecule has 0 fully saturated rings. The molecule has 1 aliphatic heterocycles. The highest BCUT2D eigenvalue weighted by atomic mass is 16.4. The number of carboxylic acid groups (broad SMARTS) is 1. The zero-order valence-corrected chi connectivity index (χ0v) is 25.4. The third-order valence-corrected chi connectivity index (χ3v) is 6.51. The Kier molecular flexibility index (Phi) is 14.8. The molecule has 13 heteroatoms. The van der Waals surface area contributed by atoms with E-state index in [-0.39, 0.29) is 61.3 Å². The van der Waals surface area contributed by atoms with Crippen LogP contribution in [-0.2, 0) is 40.0 Å². The Morgan fingerprint density at radius 2 is 1.47 bits per heavy atom. The Morgan fingerprint density at radius 1 is 0.884 bits per heavy atom. The van der Waals surface area contributed by atoms with Crippen LogP contribution in [0.3, 0.4) is 0 Å². The van der Waals surface area contributed by atoms with Crippen LogP contribution in [0.25, 0.3) is 0 Å². The van der Waals surface area contributed by atoms with E-state index in [2.05, 4.69) is 16.0 Å². The van der Waals surface area contributed by atoms with Crippen LogP contribution in [0, 0.1) is 10.8 Å². The van der Waals surface area contributed by atoms with Gasteiger partial charge in [0.25, 0.3) is 11.8 Å². The molecule has 0 aliphatic carbocycles. The molecule has 1 aliphatic rings. The van der Waals surface area contributed by atoms with Crippen LogP contribution in [0.4, 0.5) is 0 Å². The lowest BCUT2D eigenvalue weighted by Gasteiger charge is -2.32. The molecular weight excluding hydrogens is 558 g/mol. The van der Waals surface area contributed by atoms with E-state index in [1.807, 2.05) is 56.4 Å². The third kappa shape index (κ3) is 14.8. The van der Waals surface area contributed by atoms with E-state index in [0.29, 0.717) is 25.7 Å². The molecular formula is C30H43N5O8. The molecule has 0 aromatic heterocycles. The largest absolute Gasteiger partial charge is 0.480 e. The Morgan fingerprint density at radius 3 is 2.00 bits per heavy atom. The third-order valence-electron chi connectivity index (χ3n) is 6.51. The maximum absolute atomic E-state index is 12.7. The standard InChI is InChI=1S/C27H38N4O5.C3H5NO3/c1-19(15-20-9-7-6-8-10-20)30-22(33)17-28-21(32)16-29-25(36)27(4,5)14-13-26(2,3)18-31-23(34)11-12-24(31)35;5-2-4-1-3(6)7/h6-12,19H,13-18H2,1-5H3,(H,28,32)(H,29,36)(H,30,33);2H,1H2,(H,4,5)(H,6,7). The first kappa shape index (κ1) is 36.5. The average Bonchev–Trinajstić information content (AvgIpc) is 3.25. The fourth-order valence-electron chi connectivity index (χ4n) is 3.97. The maximum Gasteiger partial charge on any atom is 0.322 e. The van der Waals surface area contributed by atoms with Gasteiger partial charge in [-0.3, -0.25) is 38.5 Å². The molecule has 1 atom stereocenters. The molecule has 0 saturated heterocycles. The lowest BCUT2D eigenvalue weighted by Crippen LogP contribution is -2.46. The van der Waals surface area contributed by atoms with E-state index in [9.17, 15) is 33.6 Å². The van der Waals surface area contributed by atoms with Gasteiger partial charge in [-0.1, -0.05) is 58.0 Å². The van der Waals surface area contributed by atoms with Crippen molar-refractivity contribution in [1.29, 1.82) is 0 Å². The van der Waals surface area contributed by atoms with Crippen molar-refractivity contribution in [1.82, 2.24) is 26.2 Å². The van der Waals surface area contributed by atoms with E-state index in [4.69, 9.17) is 5.11 Å². The van der Waals surface area contributed by atoms with E-state index in [1.165, 1.54) is 17.1 Å². The van der Waals surface area contributed by atoms with Crippen LogP contribution >= 0.6 is 0 Å². The van der Waals surface area contributed by atoms with Crippen molar-refractivity contribution < 1.29 is 38.7 Å². The zero-order valence-electron chi connectivity index (χ0n) is 25.4. The van der Waals surface area contributed by atoms with Gasteiger partial charge in [0.1, 0.15) is 6.54 Å². The number of carboxylic acids is 1. The number of hydrogen-bond acceptors (Lipinski definition) is 7. The van der Waals surface area contributed by atoms with Gasteiger partial charge in [-0.25, -0.2) is 0 Å². The molecule has 13 nitrogen and oxygen atoms in total. The van der Waals surface area contributed by atoms with Crippen LogP contribution in [0.15, 0.2) is 42.5 Å². The topological polar surface area (TPSA) is 191 Å². The SMILES string of the molecule is CC(Cc1ccccc1)NC(=O)CNC(=O)CNC(=O)C(C)(C)CCC(C)(C)CN1C(=O)C=CC1=O.O=CNCC(=O)O. The molecule has 2 rings (SSSR count). The van der Waals surface area contributed by atoms with Crippen LogP contribution in [0.1, 0.15) is 53.0 Å². The van der Waals surface area contributed by atoms with Crippen molar-refractivity contribution in [3.05, 3.63) is 48.0 Å². The first-order valence-corrected chi connectivity index (χ1v) is 13.9. The van der Waals surface area contributed by atoms with Crippen LogP contribution in [-0.4, -0.2) is 84.1 Å². The number of carbonyl (C=O) groups is 7. The Bertz CT molecular complexity index is 1160. The van der Waals surface area contributed by atoms with E-state index >= 15 is 0 Å². The molecule has 43 heavy (non-hydrogen) atoms. The van der Waals surface area contributed by atoms with Crippen molar-refractivity contribution in [2.24, 2.45) is 10.8 Å². The second-order valence-electron chi connectivity index (χ2n) is 11.7. The lowest BCUT2D eigenvalue weighted by molar-refractivity contribution is -0.139. The monoisotopic (exact) mass is 601 g/mol. The Hall–Kier alpha value is -4.55. The van der Waals surface area contributed by atoms with Crippen molar-refractivity contribution in [2.75, 3.05) is 26.2 Å².